The van der Waals surface area contributed by atoms with Gasteiger partial charge in [-0.1, -0.05) is 34.1 Å². The zero-order valence-corrected chi connectivity index (χ0v) is 14.2. The summed E-state index contributed by atoms with van der Waals surface area (Å²) < 4.78 is 15.8. The molecule has 0 fully saturated rings. The lowest BCUT2D eigenvalue weighted by atomic mass is 9.99. The summed E-state index contributed by atoms with van der Waals surface area (Å²) >= 11 is 5.55. The molecule has 0 saturated heterocycles. The van der Waals surface area contributed by atoms with Crippen LogP contribution < -0.4 is 5.32 Å². The quantitative estimate of drug-likeness (QED) is 0.689. The lowest BCUT2D eigenvalue weighted by Gasteiger charge is -2.17. The minimum Gasteiger partial charge on any atom is -0.313 e. The number of rotatable bonds is 4. The molecule has 1 N–H and O–H groups in total. The smallest absolute Gasteiger partial charge is 0.127 e. The van der Waals surface area contributed by atoms with E-state index in [2.05, 4.69) is 68.1 Å². The minimum absolute atomic E-state index is 0.118. The van der Waals surface area contributed by atoms with Gasteiger partial charge in [0.25, 0.3) is 0 Å². The predicted octanol–water partition coefficient (Wildman–Crippen LogP) is 4.70. The van der Waals surface area contributed by atoms with Gasteiger partial charge in [0.15, 0.2) is 0 Å². The molecule has 0 aliphatic carbocycles. The molecule has 0 radical (unpaired) electrons. The molecule has 1 unspecified atom stereocenters. The fourth-order valence-electron chi connectivity index (χ4n) is 1.99. The first kappa shape index (κ1) is 14.9. The second-order valence-electron chi connectivity index (χ2n) is 4.33. The third kappa shape index (κ3) is 4.00. The number of hydrogen-bond acceptors (Lipinski definition) is 1. The first-order chi connectivity index (χ1) is 9.10. The summed E-state index contributed by atoms with van der Waals surface area (Å²) in [7, 11) is 1.90. The average Bonchev–Trinajstić information content (AvgIpc) is 2.39. The molecule has 2 rings (SSSR count). The second-order valence-corrected chi connectivity index (χ2v) is 6.49. The Morgan fingerprint density at radius 3 is 2.47 bits per heavy atom. The highest BCUT2D eigenvalue weighted by Crippen LogP contribution is 2.22. The Hall–Kier alpha value is -0.460. The van der Waals surface area contributed by atoms with E-state index in [0.717, 1.165) is 10.0 Å². The molecule has 1 nitrogen and oxygen atoms in total. The van der Waals surface area contributed by atoms with Crippen molar-refractivity contribution in [2.45, 2.75) is 12.5 Å². The molecule has 0 amide bonds. The van der Waals surface area contributed by atoms with Gasteiger partial charge < -0.3 is 5.32 Å². The van der Waals surface area contributed by atoms with E-state index in [0.29, 0.717) is 6.42 Å². The van der Waals surface area contributed by atoms with Crippen molar-refractivity contribution < 1.29 is 4.39 Å². The Bertz CT molecular complexity index is 557. The van der Waals surface area contributed by atoms with E-state index in [1.165, 1.54) is 15.2 Å². The first-order valence-electron chi connectivity index (χ1n) is 5.97. The van der Waals surface area contributed by atoms with E-state index in [1.54, 1.807) is 0 Å². The van der Waals surface area contributed by atoms with Crippen LogP contribution in [0.25, 0.3) is 0 Å². The molecule has 0 spiro atoms. The standard InChI is InChI=1S/C15H14BrFIN/c1-19-15(10-3-6-13(18)7-4-10)8-11-2-5-12(16)9-14(11)17/h2-7,9,15,19H,8H2,1H3. The van der Waals surface area contributed by atoms with Crippen LogP contribution in [0.1, 0.15) is 17.2 Å². The molecule has 0 aliphatic heterocycles. The summed E-state index contributed by atoms with van der Waals surface area (Å²) in [5, 5.41) is 3.25. The van der Waals surface area contributed by atoms with Crippen LogP contribution >= 0.6 is 38.5 Å². The third-order valence-electron chi connectivity index (χ3n) is 3.06. The van der Waals surface area contributed by atoms with Crippen LogP contribution in [0.15, 0.2) is 46.9 Å². The monoisotopic (exact) mass is 433 g/mol. The van der Waals surface area contributed by atoms with Crippen LogP contribution in [0.2, 0.25) is 0 Å². The number of hydrogen-bond donors (Lipinski definition) is 1. The van der Waals surface area contributed by atoms with Gasteiger partial charge >= 0.3 is 0 Å². The van der Waals surface area contributed by atoms with E-state index in [9.17, 15) is 4.39 Å². The minimum atomic E-state index is -0.167. The molecule has 0 heterocycles. The normalized spacial score (nSPS) is 12.4. The summed E-state index contributed by atoms with van der Waals surface area (Å²) in [6.45, 7) is 0. The van der Waals surface area contributed by atoms with Crippen molar-refractivity contribution >= 4 is 38.5 Å². The van der Waals surface area contributed by atoms with Gasteiger partial charge in [-0.3, -0.25) is 0 Å². The Kier molecular flexibility index (Phi) is 5.36. The summed E-state index contributed by atoms with van der Waals surface area (Å²) in [6.07, 6.45) is 0.635. The molecule has 0 saturated carbocycles. The zero-order chi connectivity index (χ0) is 13.8. The average molecular weight is 434 g/mol. The Morgan fingerprint density at radius 1 is 1.21 bits per heavy atom. The van der Waals surface area contributed by atoms with E-state index in [-0.39, 0.29) is 11.9 Å². The number of halogens is 3. The molecule has 0 aliphatic rings. The molecule has 1 atom stereocenters. The van der Waals surface area contributed by atoms with Crippen molar-refractivity contribution in [2.24, 2.45) is 0 Å². The van der Waals surface area contributed by atoms with Gasteiger partial charge in [-0.2, -0.15) is 0 Å². The van der Waals surface area contributed by atoms with Gasteiger partial charge in [0, 0.05) is 14.1 Å². The highest BCUT2D eigenvalue weighted by atomic mass is 127. The molecular weight excluding hydrogens is 420 g/mol. The van der Waals surface area contributed by atoms with Crippen LogP contribution in [-0.2, 0) is 6.42 Å². The Balaban J connectivity index is 2.21. The number of likely N-dealkylation sites (N-methyl/N-ethyl adjacent to an activating group) is 1. The van der Waals surface area contributed by atoms with Crippen molar-refractivity contribution in [3.63, 3.8) is 0 Å². The van der Waals surface area contributed by atoms with Crippen LogP contribution in [0.4, 0.5) is 4.39 Å². The van der Waals surface area contributed by atoms with Crippen LogP contribution in [0.3, 0.4) is 0 Å². The molecule has 0 bridgehead atoms. The molecular formula is C15H14BrFIN. The summed E-state index contributed by atoms with van der Waals surface area (Å²) in [5.74, 6) is -0.167. The molecule has 19 heavy (non-hydrogen) atoms. The maximum Gasteiger partial charge on any atom is 0.127 e. The summed E-state index contributed by atoms with van der Waals surface area (Å²) in [6, 6.07) is 13.6. The van der Waals surface area contributed by atoms with Gasteiger partial charge in [0.1, 0.15) is 5.82 Å². The molecule has 2 aromatic carbocycles. The largest absolute Gasteiger partial charge is 0.313 e. The number of benzene rings is 2. The van der Waals surface area contributed by atoms with Gasteiger partial charge in [-0.25, -0.2) is 4.39 Å². The third-order valence-corrected chi connectivity index (χ3v) is 4.27. The SMILES string of the molecule is CNC(Cc1ccc(Br)cc1F)c1ccc(I)cc1. The Labute approximate surface area is 134 Å². The van der Waals surface area contributed by atoms with Crippen molar-refractivity contribution in [3.8, 4) is 0 Å². The summed E-state index contributed by atoms with van der Waals surface area (Å²) in [5.41, 5.74) is 1.89. The first-order valence-corrected chi connectivity index (χ1v) is 7.84. The fourth-order valence-corrected chi connectivity index (χ4v) is 2.68. The molecule has 100 valence electrons. The second kappa shape index (κ2) is 6.81. The maximum absolute atomic E-state index is 13.9. The van der Waals surface area contributed by atoms with E-state index >= 15 is 0 Å². The predicted molar refractivity (Wildman–Crippen MR) is 88.8 cm³/mol. The maximum atomic E-state index is 13.9. The fraction of sp³-hybridized carbons (Fsp3) is 0.200. The zero-order valence-electron chi connectivity index (χ0n) is 10.5. The topological polar surface area (TPSA) is 12.0 Å². The van der Waals surface area contributed by atoms with Crippen LogP contribution in [-0.4, -0.2) is 7.05 Å². The van der Waals surface area contributed by atoms with E-state index < -0.39 is 0 Å². The van der Waals surface area contributed by atoms with Crippen molar-refractivity contribution in [2.75, 3.05) is 7.05 Å². The summed E-state index contributed by atoms with van der Waals surface area (Å²) in [4.78, 5) is 0. The van der Waals surface area contributed by atoms with Crippen LogP contribution in [0, 0.1) is 9.39 Å². The lowest BCUT2D eigenvalue weighted by Crippen LogP contribution is -2.19. The van der Waals surface area contributed by atoms with Crippen LogP contribution in [0.5, 0.6) is 0 Å². The van der Waals surface area contributed by atoms with Crippen molar-refractivity contribution in [3.05, 3.63) is 67.5 Å². The lowest BCUT2D eigenvalue weighted by molar-refractivity contribution is 0.554. The number of nitrogens with one attached hydrogen (secondary N) is 1. The highest BCUT2D eigenvalue weighted by molar-refractivity contribution is 14.1. The molecule has 2 aromatic rings. The van der Waals surface area contributed by atoms with Gasteiger partial charge in [-0.15, -0.1) is 0 Å². The van der Waals surface area contributed by atoms with Gasteiger partial charge in [-0.05, 0) is 71.5 Å². The molecule has 4 heteroatoms. The molecule has 0 aromatic heterocycles. The highest BCUT2D eigenvalue weighted by Gasteiger charge is 2.13. The van der Waals surface area contributed by atoms with Crippen molar-refractivity contribution in [1.29, 1.82) is 0 Å². The van der Waals surface area contributed by atoms with Gasteiger partial charge in [0.2, 0.25) is 0 Å². The van der Waals surface area contributed by atoms with E-state index in [1.807, 2.05) is 19.2 Å². The van der Waals surface area contributed by atoms with Crippen molar-refractivity contribution in [1.82, 2.24) is 5.32 Å². The Morgan fingerprint density at radius 2 is 1.89 bits per heavy atom. The van der Waals surface area contributed by atoms with E-state index in [4.69, 9.17) is 0 Å². The van der Waals surface area contributed by atoms with Gasteiger partial charge in [0.05, 0.1) is 0 Å².